The van der Waals surface area contributed by atoms with Crippen LogP contribution < -0.4 is 15.0 Å². The first-order valence-corrected chi connectivity index (χ1v) is 8.72. The molecule has 2 aromatic rings. The largest absolute Gasteiger partial charge is 0.497 e. The minimum Gasteiger partial charge on any atom is -0.497 e. The monoisotopic (exact) mass is 344 g/mol. The quantitative estimate of drug-likeness (QED) is 0.845. The van der Waals surface area contributed by atoms with E-state index in [9.17, 15) is 9.50 Å². The van der Waals surface area contributed by atoms with Gasteiger partial charge < -0.3 is 20.1 Å². The van der Waals surface area contributed by atoms with Gasteiger partial charge in [0.2, 0.25) is 0 Å². The Bertz CT molecular complexity index is 670. The van der Waals surface area contributed by atoms with E-state index in [2.05, 4.69) is 22.3 Å². The number of halogens is 1. The maximum Gasteiger partial charge on any atom is 0.129 e. The van der Waals surface area contributed by atoms with Crippen LogP contribution in [0, 0.1) is 5.82 Å². The predicted octanol–water partition coefficient (Wildman–Crippen LogP) is 3.13. The van der Waals surface area contributed by atoms with Gasteiger partial charge in [-0.1, -0.05) is 18.2 Å². The van der Waals surface area contributed by atoms with Gasteiger partial charge in [-0.2, -0.15) is 0 Å². The fourth-order valence-electron chi connectivity index (χ4n) is 3.27. The molecule has 4 nitrogen and oxygen atoms in total. The number of nitrogens with one attached hydrogen (secondary N) is 1. The van der Waals surface area contributed by atoms with Crippen LogP contribution in [0.1, 0.15) is 24.5 Å². The summed E-state index contributed by atoms with van der Waals surface area (Å²) in [7, 11) is 1.67. The highest BCUT2D eigenvalue weighted by Gasteiger charge is 2.21. The van der Waals surface area contributed by atoms with Crippen LogP contribution >= 0.6 is 0 Å². The molecule has 2 N–H and O–H groups in total. The van der Waals surface area contributed by atoms with E-state index in [-0.39, 0.29) is 5.82 Å². The van der Waals surface area contributed by atoms with E-state index in [1.54, 1.807) is 25.3 Å². The van der Waals surface area contributed by atoms with E-state index in [0.717, 1.165) is 31.7 Å². The van der Waals surface area contributed by atoms with Crippen LogP contribution in [-0.2, 0) is 0 Å². The molecule has 0 amide bonds. The highest BCUT2D eigenvalue weighted by molar-refractivity contribution is 5.49. The van der Waals surface area contributed by atoms with Crippen LogP contribution in [0.15, 0.2) is 48.5 Å². The second-order valence-corrected chi connectivity index (χ2v) is 6.40. The second-order valence-electron chi connectivity index (χ2n) is 6.40. The first-order valence-electron chi connectivity index (χ1n) is 8.72. The maximum absolute atomic E-state index is 13.7. The molecular formula is C20H25FN2O2. The molecule has 1 unspecified atom stereocenters. The van der Waals surface area contributed by atoms with E-state index in [1.165, 1.54) is 11.8 Å². The highest BCUT2D eigenvalue weighted by Crippen LogP contribution is 2.23. The minimum atomic E-state index is -0.819. The molecule has 2 aromatic carbocycles. The molecule has 0 aliphatic carbocycles. The maximum atomic E-state index is 13.7. The molecule has 1 atom stereocenters. The van der Waals surface area contributed by atoms with Gasteiger partial charge in [-0.3, -0.25) is 0 Å². The van der Waals surface area contributed by atoms with Gasteiger partial charge in [0.05, 0.1) is 13.2 Å². The average molecular weight is 344 g/mol. The lowest BCUT2D eigenvalue weighted by atomic mass is 10.0. The summed E-state index contributed by atoms with van der Waals surface area (Å²) >= 11 is 0. The van der Waals surface area contributed by atoms with Crippen molar-refractivity contribution >= 4 is 5.69 Å². The van der Waals surface area contributed by atoms with Crippen molar-refractivity contribution in [2.45, 2.75) is 25.0 Å². The predicted molar refractivity (Wildman–Crippen MR) is 97.6 cm³/mol. The minimum absolute atomic E-state index is 0.343. The van der Waals surface area contributed by atoms with Gasteiger partial charge in [0.15, 0.2) is 0 Å². The number of aliphatic hydroxyl groups is 1. The van der Waals surface area contributed by atoms with Crippen molar-refractivity contribution in [3.63, 3.8) is 0 Å². The fourth-order valence-corrected chi connectivity index (χ4v) is 3.27. The third-order valence-electron chi connectivity index (χ3n) is 4.80. The van der Waals surface area contributed by atoms with Crippen LogP contribution in [0.3, 0.4) is 0 Å². The van der Waals surface area contributed by atoms with E-state index in [4.69, 9.17) is 4.74 Å². The molecule has 1 fully saturated rings. The zero-order valence-corrected chi connectivity index (χ0v) is 14.5. The van der Waals surface area contributed by atoms with Gasteiger partial charge in [-0.05, 0) is 43.2 Å². The number of hydrogen-bond donors (Lipinski definition) is 2. The Morgan fingerprint density at radius 3 is 2.48 bits per heavy atom. The molecule has 0 bridgehead atoms. The third-order valence-corrected chi connectivity index (χ3v) is 4.80. The Balaban J connectivity index is 1.47. The summed E-state index contributed by atoms with van der Waals surface area (Å²) in [5.74, 6) is 0.508. The van der Waals surface area contributed by atoms with Gasteiger partial charge in [0.25, 0.3) is 0 Å². The Hall–Kier alpha value is -2.11. The molecule has 1 aliphatic heterocycles. The van der Waals surface area contributed by atoms with Gasteiger partial charge in [0, 0.05) is 36.9 Å². The van der Waals surface area contributed by atoms with E-state index in [0.29, 0.717) is 18.2 Å². The fraction of sp³-hybridized carbons (Fsp3) is 0.400. The number of anilines is 1. The molecule has 3 rings (SSSR count). The molecule has 25 heavy (non-hydrogen) atoms. The van der Waals surface area contributed by atoms with Crippen LogP contribution in [0.5, 0.6) is 5.75 Å². The lowest BCUT2D eigenvalue weighted by Crippen LogP contribution is -2.43. The Morgan fingerprint density at radius 1 is 1.16 bits per heavy atom. The van der Waals surface area contributed by atoms with Crippen molar-refractivity contribution < 1.29 is 14.2 Å². The summed E-state index contributed by atoms with van der Waals surface area (Å²) in [5.41, 5.74) is 1.55. The molecule has 134 valence electrons. The second kappa shape index (κ2) is 8.32. The zero-order chi connectivity index (χ0) is 17.6. The first kappa shape index (κ1) is 17.7. The summed E-state index contributed by atoms with van der Waals surface area (Å²) in [6, 6.07) is 14.8. The first-order chi connectivity index (χ1) is 12.2. The number of aliphatic hydroxyl groups excluding tert-OH is 1. The third kappa shape index (κ3) is 4.50. The van der Waals surface area contributed by atoms with Crippen molar-refractivity contribution in [2.75, 3.05) is 31.6 Å². The highest BCUT2D eigenvalue weighted by atomic mass is 19.1. The Labute approximate surface area is 148 Å². The van der Waals surface area contributed by atoms with Crippen LogP contribution in [0.4, 0.5) is 10.1 Å². The average Bonchev–Trinajstić information content (AvgIpc) is 2.67. The molecule has 1 saturated heterocycles. The van der Waals surface area contributed by atoms with Gasteiger partial charge in [-0.15, -0.1) is 0 Å². The standard InChI is InChI=1S/C20H25FN2O2/c1-25-17-8-6-16(7-9-17)23-12-10-15(11-13-23)22-14-20(24)18-4-2-3-5-19(18)21/h2-9,15,20,22,24H,10-14H2,1H3. The lowest BCUT2D eigenvalue weighted by Gasteiger charge is -2.34. The number of rotatable bonds is 6. The van der Waals surface area contributed by atoms with Crippen molar-refractivity contribution in [3.8, 4) is 5.75 Å². The van der Waals surface area contributed by atoms with E-state index >= 15 is 0 Å². The Kier molecular flexibility index (Phi) is 5.89. The zero-order valence-electron chi connectivity index (χ0n) is 14.5. The van der Waals surface area contributed by atoms with Crippen molar-refractivity contribution in [3.05, 3.63) is 59.9 Å². The van der Waals surface area contributed by atoms with Crippen LogP contribution in [-0.4, -0.2) is 37.9 Å². The summed E-state index contributed by atoms with van der Waals surface area (Å²) in [6.07, 6.45) is 1.17. The SMILES string of the molecule is COc1ccc(N2CCC(NCC(O)c3ccccc3F)CC2)cc1. The molecule has 0 saturated carbocycles. The van der Waals surface area contributed by atoms with Crippen LogP contribution in [0.2, 0.25) is 0 Å². The number of methoxy groups -OCH3 is 1. The number of piperidine rings is 1. The molecule has 0 spiro atoms. The molecule has 1 heterocycles. The van der Waals surface area contributed by atoms with Crippen molar-refractivity contribution in [1.82, 2.24) is 5.32 Å². The van der Waals surface area contributed by atoms with Gasteiger partial charge in [0.1, 0.15) is 11.6 Å². The number of hydrogen-bond acceptors (Lipinski definition) is 4. The number of nitrogens with zero attached hydrogens (tertiary/aromatic N) is 1. The summed E-state index contributed by atoms with van der Waals surface area (Å²) in [5, 5.41) is 13.6. The van der Waals surface area contributed by atoms with E-state index < -0.39 is 6.10 Å². The van der Waals surface area contributed by atoms with Crippen molar-refractivity contribution in [2.24, 2.45) is 0 Å². The number of benzene rings is 2. The Morgan fingerprint density at radius 2 is 1.84 bits per heavy atom. The molecule has 0 aromatic heterocycles. The van der Waals surface area contributed by atoms with E-state index in [1.807, 2.05) is 12.1 Å². The molecular weight excluding hydrogens is 319 g/mol. The van der Waals surface area contributed by atoms with Gasteiger partial charge >= 0.3 is 0 Å². The summed E-state index contributed by atoms with van der Waals surface area (Å²) < 4.78 is 18.9. The molecule has 5 heteroatoms. The number of ether oxygens (including phenoxy) is 1. The van der Waals surface area contributed by atoms with Gasteiger partial charge in [-0.25, -0.2) is 4.39 Å². The smallest absolute Gasteiger partial charge is 0.129 e. The lowest BCUT2D eigenvalue weighted by molar-refractivity contribution is 0.163. The summed E-state index contributed by atoms with van der Waals surface area (Å²) in [4.78, 5) is 2.35. The molecule has 1 aliphatic rings. The molecule has 0 radical (unpaired) electrons. The normalized spacial score (nSPS) is 16.7. The van der Waals surface area contributed by atoms with Crippen LogP contribution in [0.25, 0.3) is 0 Å². The van der Waals surface area contributed by atoms with Crippen molar-refractivity contribution in [1.29, 1.82) is 0 Å². The topological polar surface area (TPSA) is 44.7 Å². The summed E-state index contributed by atoms with van der Waals surface area (Å²) in [6.45, 7) is 2.29.